The Morgan fingerprint density at radius 3 is 2.86 bits per heavy atom. The zero-order valence-corrected chi connectivity index (χ0v) is 16.4. The number of H-pyrrole nitrogens is 1. The van der Waals surface area contributed by atoms with Crippen LogP contribution in [0.15, 0.2) is 55.8 Å². The van der Waals surface area contributed by atoms with Gasteiger partial charge in [0.05, 0.1) is 22.5 Å². The van der Waals surface area contributed by atoms with E-state index in [4.69, 9.17) is 4.42 Å². The van der Waals surface area contributed by atoms with Crippen LogP contribution in [0, 0.1) is 6.92 Å². The lowest BCUT2D eigenvalue weighted by Gasteiger charge is -2.09. The number of thiazole rings is 1. The maximum Gasteiger partial charge on any atom is 0.328 e. The quantitative estimate of drug-likeness (QED) is 0.507. The Morgan fingerprint density at radius 1 is 1.24 bits per heavy atom. The van der Waals surface area contributed by atoms with Crippen LogP contribution in [-0.2, 0) is 17.9 Å². The molecule has 3 heterocycles. The molecule has 1 amide bonds. The molecule has 0 saturated heterocycles. The van der Waals surface area contributed by atoms with E-state index in [0.717, 1.165) is 10.7 Å². The topological polar surface area (TPSA) is 110 Å². The summed E-state index contributed by atoms with van der Waals surface area (Å²) in [5.74, 6) is 1.05. The van der Waals surface area contributed by atoms with Gasteiger partial charge in [-0.3, -0.25) is 19.1 Å². The standard InChI is InChI=1S/C20H18N4O4S/c1-12-22-15(11-29-12)17-7-6-13(28-17)10-21-18(25)8-9-24-16-5-3-2-4-14(16)19(26)23-20(24)27/h2-7,11H,8-10H2,1H3,(H,21,25)(H,23,26,27). The van der Waals surface area contributed by atoms with Gasteiger partial charge in [-0.2, -0.15) is 0 Å². The first-order valence-corrected chi connectivity index (χ1v) is 9.89. The molecule has 0 spiro atoms. The molecule has 4 aromatic rings. The highest BCUT2D eigenvalue weighted by Crippen LogP contribution is 2.23. The number of para-hydroxylation sites is 1. The van der Waals surface area contributed by atoms with Crippen LogP contribution >= 0.6 is 11.3 Å². The van der Waals surface area contributed by atoms with E-state index in [0.29, 0.717) is 22.4 Å². The van der Waals surface area contributed by atoms with E-state index in [1.165, 1.54) is 4.57 Å². The summed E-state index contributed by atoms with van der Waals surface area (Å²) >= 11 is 1.54. The van der Waals surface area contributed by atoms with Gasteiger partial charge in [-0.1, -0.05) is 12.1 Å². The molecule has 0 unspecified atom stereocenters. The number of fused-ring (bicyclic) bond motifs is 1. The monoisotopic (exact) mass is 410 g/mol. The van der Waals surface area contributed by atoms with E-state index in [1.54, 1.807) is 41.7 Å². The lowest BCUT2D eigenvalue weighted by molar-refractivity contribution is -0.121. The maximum absolute atomic E-state index is 12.2. The van der Waals surface area contributed by atoms with Crippen LogP contribution in [0.2, 0.25) is 0 Å². The van der Waals surface area contributed by atoms with Gasteiger partial charge in [-0.15, -0.1) is 11.3 Å². The predicted octanol–water partition coefficient (Wildman–Crippen LogP) is 2.42. The van der Waals surface area contributed by atoms with E-state index in [1.807, 2.05) is 18.4 Å². The van der Waals surface area contributed by atoms with Gasteiger partial charge in [-0.05, 0) is 31.2 Å². The number of furan rings is 1. The molecule has 0 saturated carbocycles. The van der Waals surface area contributed by atoms with Crippen molar-refractivity contribution in [2.75, 3.05) is 0 Å². The lowest BCUT2D eigenvalue weighted by Crippen LogP contribution is -2.32. The molecular formula is C20H18N4O4S. The third kappa shape index (κ3) is 4.04. The van der Waals surface area contributed by atoms with Crippen LogP contribution < -0.4 is 16.6 Å². The van der Waals surface area contributed by atoms with Gasteiger partial charge in [0.2, 0.25) is 5.91 Å². The summed E-state index contributed by atoms with van der Waals surface area (Å²) in [7, 11) is 0. The van der Waals surface area contributed by atoms with Gasteiger partial charge in [0.1, 0.15) is 11.5 Å². The molecular weight excluding hydrogens is 392 g/mol. The summed E-state index contributed by atoms with van der Waals surface area (Å²) in [6.45, 7) is 2.32. The molecule has 0 fully saturated rings. The molecule has 0 radical (unpaired) electrons. The molecule has 3 aromatic heterocycles. The average Bonchev–Trinajstić information content (AvgIpc) is 3.35. The minimum absolute atomic E-state index is 0.0921. The second-order valence-electron chi connectivity index (χ2n) is 6.47. The van der Waals surface area contributed by atoms with E-state index in [-0.39, 0.29) is 25.4 Å². The Morgan fingerprint density at radius 2 is 2.07 bits per heavy atom. The van der Waals surface area contributed by atoms with Crippen LogP contribution in [0.3, 0.4) is 0 Å². The Labute approximate surface area is 168 Å². The highest BCUT2D eigenvalue weighted by Gasteiger charge is 2.11. The SMILES string of the molecule is Cc1nc(-c2ccc(CNC(=O)CCn3c(=O)[nH]c(=O)c4ccccc43)o2)cs1. The molecule has 2 N–H and O–H groups in total. The van der Waals surface area contributed by atoms with Crippen LogP contribution in [0.1, 0.15) is 17.2 Å². The van der Waals surface area contributed by atoms with Crippen LogP contribution in [-0.4, -0.2) is 20.4 Å². The normalized spacial score (nSPS) is 11.1. The molecule has 29 heavy (non-hydrogen) atoms. The molecule has 0 aliphatic carbocycles. The number of nitrogens with one attached hydrogen (secondary N) is 2. The third-order valence-electron chi connectivity index (χ3n) is 4.46. The number of hydrogen-bond acceptors (Lipinski definition) is 6. The highest BCUT2D eigenvalue weighted by molar-refractivity contribution is 7.09. The zero-order chi connectivity index (χ0) is 20.4. The van der Waals surface area contributed by atoms with Crippen molar-refractivity contribution in [2.45, 2.75) is 26.4 Å². The molecule has 0 aliphatic heterocycles. The molecule has 9 heteroatoms. The summed E-state index contributed by atoms with van der Waals surface area (Å²) in [4.78, 5) is 42.9. The third-order valence-corrected chi connectivity index (χ3v) is 5.23. The van der Waals surface area contributed by atoms with E-state index < -0.39 is 11.2 Å². The fourth-order valence-corrected chi connectivity index (χ4v) is 3.64. The number of carbonyl (C=O) groups excluding carboxylic acids is 1. The smallest absolute Gasteiger partial charge is 0.328 e. The van der Waals surface area contributed by atoms with E-state index in [2.05, 4.69) is 15.3 Å². The fourth-order valence-electron chi connectivity index (χ4n) is 3.04. The Kier molecular flexibility index (Phi) is 5.13. The second kappa shape index (κ2) is 7.88. The number of amides is 1. The molecule has 0 bridgehead atoms. The van der Waals surface area contributed by atoms with Gasteiger partial charge in [0, 0.05) is 18.3 Å². The lowest BCUT2D eigenvalue weighted by atomic mass is 10.2. The minimum atomic E-state index is -0.532. The number of nitrogens with zero attached hydrogens (tertiary/aromatic N) is 2. The van der Waals surface area contributed by atoms with Crippen molar-refractivity contribution in [2.24, 2.45) is 0 Å². The zero-order valence-electron chi connectivity index (χ0n) is 15.6. The summed E-state index contributed by atoms with van der Waals surface area (Å²) in [5.41, 5.74) is 0.309. The number of carbonyl (C=O) groups is 1. The van der Waals surface area contributed by atoms with Crippen LogP contribution in [0.5, 0.6) is 0 Å². The van der Waals surface area contributed by atoms with Crippen LogP contribution in [0.25, 0.3) is 22.4 Å². The number of aromatic nitrogens is 3. The van der Waals surface area contributed by atoms with Crippen molar-refractivity contribution in [1.82, 2.24) is 19.9 Å². The summed E-state index contributed by atoms with van der Waals surface area (Å²) in [5, 5.41) is 6.06. The Balaban J connectivity index is 1.39. The minimum Gasteiger partial charge on any atom is -0.458 e. The van der Waals surface area contributed by atoms with E-state index >= 15 is 0 Å². The first kappa shape index (κ1) is 18.9. The molecule has 8 nitrogen and oxygen atoms in total. The molecule has 0 aliphatic rings. The number of aryl methyl sites for hydroxylation is 2. The van der Waals surface area contributed by atoms with Gasteiger partial charge in [-0.25, -0.2) is 9.78 Å². The summed E-state index contributed by atoms with van der Waals surface area (Å²) in [6, 6.07) is 10.4. The molecule has 148 valence electrons. The first-order valence-electron chi connectivity index (χ1n) is 9.01. The largest absolute Gasteiger partial charge is 0.458 e. The summed E-state index contributed by atoms with van der Waals surface area (Å²) in [6.07, 6.45) is 0.0921. The van der Waals surface area contributed by atoms with Gasteiger partial charge >= 0.3 is 5.69 Å². The molecule has 4 rings (SSSR count). The van der Waals surface area contributed by atoms with Gasteiger partial charge in [0.25, 0.3) is 5.56 Å². The fraction of sp³-hybridized carbons (Fsp3) is 0.200. The van der Waals surface area contributed by atoms with Crippen molar-refractivity contribution < 1.29 is 9.21 Å². The van der Waals surface area contributed by atoms with Crippen molar-refractivity contribution >= 4 is 28.1 Å². The predicted molar refractivity (Wildman–Crippen MR) is 110 cm³/mol. The Hall–Kier alpha value is -3.46. The van der Waals surface area contributed by atoms with Crippen LogP contribution in [0.4, 0.5) is 0 Å². The van der Waals surface area contributed by atoms with Gasteiger partial charge in [0.15, 0.2) is 5.76 Å². The molecule has 1 aromatic carbocycles. The summed E-state index contributed by atoms with van der Waals surface area (Å²) < 4.78 is 7.12. The molecule has 0 atom stereocenters. The van der Waals surface area contributed by atoms with E-state index in [9.17, 15) is 14.4 Å². The Bertz CT molecular complexity index is 1300. The van der Waals surface area contributed by atoms with Crippen molar-refractivity contribution in [1.29, 1.82) is 0 Å². The number of rotatable bonds is 6. The highest BCUT2D eigenvalue weighted by atomic mass is 32.1. The first-order chi connectivity index (χ1) is 14.0. The van der Waals surface area contributed by atoms with Crippen molar-refractivity contribution in [3.63, 3.8) is 0 Å². The van der Waals surface area contributed by atoms with Crippen molar-refractivity contribution in [3.05, 3.63) is 73.4 Å². The average molecular weight is 410 g/mol. The maximum atomic E-state index is 12.2. The van der Waals surface area contributed by atoms with Gasteiger partial charge < -0.3 is 9.73 Å². The number of hydrogen-bond donors (Lipinski definition) is 2. The second-order valence-corrected chi connectivity index (χ2v) is 7.53. The number of aromatic amines is 1. The van der Waals surface area contributed by atoms with Crippen molar-refractivity contribution in [3.8, 4) is 11.5 Å². The number of benzene rings is 1.